The van der Waals surface area contributed by atoms with Crippen LogP contribution in [0, 0.1) is 5.82 Å². The Bertz CT molecular complexity index is 588. The van der Waals surface area contributed by atoms with Crippen molar-refractivity contribution < 1.29 is 27.1 Å². The van der Waals surface area contributed by atoms with E-state index in [-0.39, 0.29) is 5.60 Å². The van der Waals surface area contributed by atoms with Crippen molar-refractivity contribution in [2.24, 2.45) is 0 Å². The summed E-state index contributed by atoms with van der Waals surface area (Å²) in [5, 5.41) is 0. The number of rotatable bonds is 2. The highest BCUT2D eigenvalue weighted by Crippen LogP contribution is 2.34. The molecule has 7 heteroatoms. The van der Waals surface area contributed by atoms with Crippen LogP contribution in [0.4, 0.5) is 17.6 Å². The minimum Gasteiger partial charge on any atom is -0.378 e. The van der Waals surface area contributed by atoms with E-state index < -0.39 is 29.0 Å². The van der Waals surface area contributed by atoms with E-state index in [0.717, 1.165) is 18.6 Å². The molecule has 1 atom stereocenters. The maximum atomic E-state index is 13.2. The van der Waals surface area contributed by atoms with Gasteiger partial charge in [0.25, 0.3) is 5.91 Å². The first-order valence-electron chi connectivity index (χ1n) is 7.37. The lowest BCUT2D eigenvalue weighted by Gasteiger charge is -2.27. The van der Waals surface area contributed by atoms with Crippen LogP contribution in [0.2, 0.25) is 0 Å². The molecule has 1 aromatic rings. The van der Waals surface area contributed by atoms with Crippen LogP contribution in [0.15, 0.2) is 18.2 Å². The van der Waals surface area contributed by atoms with E-state index in [9.17, 15) is 22.4 Å². The number of hydrogen-bond donors (Lipinski definition) is 0. The summed E-state index contributed by atoms with van der Waals surface area (Å²) in [6.45, 7) is 2.57. The predicted molar refractivity (Wildman–Crippen MR) is 76.6 cm³/mol. The van der Waals surface area contributed by atoms with Crippen molar-refractivity contribution >= 4 is 5.91 Å². The van der Waals surface area contributed by atoms with Gasteiger partial charge in [0, 0.05) is 20.2 Å². The monoisotopic (exact) mass is 333 g/mol. The van der Waals surface area contributed by atoms with Gasteiger partial charge in [-0.15, -0.1) is 0 Å². The molecule has 1 heterocycles. The number of alkyl halides is 3. The topological polar surface area (TPSA) is 29.5 Å². The van der Waals surface area contributed by atoms with Crippen LogP contribution in [0.1, 0.15) is 42.1 Å². The van der Waals surface area contributed by atoms with Crippen LogP contribution in [-0.2, 0) is 10.9 Å². The molecular formula is C16H19F4NO2. The summed E-state index contributed by atoms with van der Waals surface area (Å²) in [6.07, 6.45) is -2.88. The van der Waals surface area contributed by atoms with Gasteiger partial charge in [-0.1, -0.05) is 0 Å². The third-order valence-corrected chi connectivity index (χ3v) is 4.34. The number of ether oxygens (including phenoxy) is 1. The highest BCUT2D eigenvalue weighted by atomic mass is 19.4. The van der Waals surface area contributed by atoms with Crippen LogP contribution in [0.3, 0.4) is 0 Å². The van der Waals surface area contributed by atoms with Gasteiger partial charge in [0.1, 0.15) is 5.82 Å². The van der Waals surface area contributed by atoms with Crippen molar-refractivity contribution in [2.75, 3.05) is 20.2 Å². The number of benzene rings is 1. The molecule has 0 saturated carbocycles. The minimum absolute atomic E-state index is 0.303. The summed E-state index contributed by atoms with van der Waals surface area (Å²) < 4.78 is 57.7. The molecule has 3 nitrogen and oxygen atoms in total. The lowest BCUT2D eigenvalue weighted by molar-refractivity contribution is -0.138. The molecule has 0 aromatic heterocycles. The van der Waals surface area contributed by atoms with Crippen molar-refractivity contribution in [3.63, 3.8) is 0 Å². The number of likely N-dealkylation sites (tertiary alicyclic amines) is 1. The molecule has 1 aliphatic heterocycles. The molecule has 0 radical (unpaired) electrons. The van der Waals surface area contributed by atoms with E-state index in [4.69, 9.17) is 4.74 Å². The fraction of sp³-hybridized carbons (Fsp3) is 0.562. The summed E-state index contributed by atoms with van der Waals surface area (Å²) in [5.41, 5.74) is -2.13. The van der Waals surface area contributed by atoms with Crippen molar-refractivity contribution in [3.8, 4) is 0 Å². The summed E-state index contributed by atoms with van der Waals surface area (Å²) in [5.74, 6) is -1.74. The van der Waals surface area contributed by atoms with Gasteiger partial charge < -0.3 is 9.64 Å². The summed E-state index contributed by atoms with van der Waals surface area (Å²) in [4.78, 5) is 13.9. The van der Waals surface area contributed by atoms with Crippen LogP contribution in [0.5, 0.6) is 0 Å². The fourth-order valence-corrected chi connectivity index (χ4v) is 2.77. The number of nitrogens with zero attached hydrogens (tertiary/aromatic N) is 1. The summed E-state index contributed by atoms with van der Waals surface area (Å²) in [6, 6.07) is 2.14. The zero-order valence-electron chi connectivity index (χ0n) is 13.0. The van der Waals surface area contributed by atoms with Gasteiger partial charge in [0.15, 0.2) is 0 Å². The Morgan fingerprint density at radius 3 is 2.57 bits per heavy atom. The van der Waals surface area contributed by atoms with Crippen molar-refractivity contribution in [1.82, 2.24) is 4.90 Å². The Hall–Kier alpha value is -1.63. The first-order chi connectivity index (χ1) is 10.7. The molecule has 1 aromatic carbocycles. The molecule has 0 unspecified atom stereocenters. The Labute approximate surface area is 132 Å². The minimum atomic E-state index is -4.78. The average Bonchev–Trinajstić information content (AvgIpc) is 2.68. The third-order valence-electron chi connectivity index (χ3n) is 4.34. The van der Waals surface area contributed by atoms with Gasteiger partial charge in [-0.3, -0.25) is 4.79 Å². The lowest BCUT2D eigenvalue weighted by atomic mass is 9.97. The number of amides is 1. The maximum Gasteiger partial charge on any atom is 0.417 e. The normalized spacial score (nSPS) is 22.8. The zero-order valence-corrected chi connectivity index (χ0v) is 13.0. The second-order valence-corrected chi connectivity index (χ2v) is 5.99. The first kappa shape index (κ1) is 17.7. The van der Waals surface area contributed by atoms with Gasteiger partial charge in [-0.2, -0.15) is 13.2 Å². The van der Waals surface area contributed by atoms with Gasteiger partial charge in [-0.05, 0) is 44.4 Å². The molecule has 2 rings (SSSR count). The quantitative estimate of drug-likeness (QED) is 0.769. The Balaban J connectivity index is 2.27. The number of carbonyl (C=O) groups excluding carboxylic acids is 1. The van der Waals surface area contributed by atoms with Gasteiger partial charge in [-0.25, -0.2) is 4.39 Å². The molecule has 23 heavy (non-hydrogen) atoms. The Morgan fingerprint density at radius 1 is 1.26 bits per heavy atom. The highest BCUT2D eigenvalue weighted by Gasteiger charge is 2.37. The van der Waals surface area contributed by atoms with Gasteiger partial charge in [0.2, 0.25) is 0 Å². The molecule has 1 aliphatic rings. The molecule has 128 valence electrons. The summed E-state index contributed by atoms with van der Waals surface area (Å²) in [7, 11) is 1.58. The Kier molecular flexibility index (Phi) is 4.98. The first-order valence-corrected chi connectivity index (χ1v) is 7.37. The number of carbonyl (C=O) groups is 1. The molecular weight excluding hydrogens is 314 g/mol. The van der Waals surface area contributed by atoms with Crippen molar-refractivity contribution in [3.05, 3.63) is 35.1 Å². The van der Waals surface area contributed by atoms with E-state index in [1.54, 1.807) is 7.11 Å². The average molecular weight is 333 g/mol. The molecule has 0 bridgehead atoms. The molecule has 1 fully saturated rings. The molecule has 0 N–H and O–H groups in total. The van der Waals surface area contributed by atoms with E-state index in [1.165, 1.54) is 4.90 Å². The number of methoxy groups -OCH3 is 1. The number of halogens is 4. The van der Waals surface area contributed by atoms with E-state index >= 15 is 0 Å². The highest BCUT2D eigenvalue weighted by molar-refractivity contribution is 5.96. The SMILES string of the molecule is CO[C@@]1(C)CCCN(C(=O)c2ccc(F)cc2C(F)(F)F)CC1. The molecule has 0 aliphatic carbocycles. The second kappa shape index (κ2) is 6.47. The Morgan fingerprint density at radius 2 is 1.96 bits per heavy atom. The zero-order chi connectivity index (χ0) is 17.3. The van der Waals surface area contributed by atoms with Gasteiger partial charge in [0.05, 0.1) is 16.7 Å². The van der Waals surface area contributed by atoms with Gasteiger partial charge >= 0.3 is 6.18 Å². The van der Waals surface area contributed by atoms with E-state index in [2.05, 4.69) is 0 Å². The predicted octanol–water partition coefficient (Wildman–Crippen LogP) is 3.88. The van der Waals surface area contributed by atoms with Crippen LogP contribution < -0.4 is 0 Å². The number of hydrogen-bond acceptors (Lipinski definition) is 2. The smallest absolute Gasteiger partial charge is 0.378 e. The molecule has 1 saturated heterocycles. The van der Waals surface area contributed by atoms with Crippen molar-refractivity contribution in [1.29, 1.82) is 0 Å². The fourth-order valence-electron chi connectivity index (χ4n) is 2.77. The molecule has 1 amide bonds. The lowest BCUT2D eigenvalue weighted by Crippen LogP contribution is -2.35. The van der Waals surface area contributed by atoms with E-state index in [0.29, 0.717) is 32.0 Å². The largest absolute Gasteiger partial charge is 0.417 e. The van der Waals surface area contributed by atoms with E-state index in [1.807, 2.05) is 6.92 Å². The van der Waals surface area contributed by atoms with Crippen molar-refractivity contribution in [2.45, 2.75) is 38.0 Å². The third kappa shape index (κ3) is 4.02. The summed E-state index contributed by atoms with van der Waals surface area (Å²) >= 11 is 0. The van der Waals surface area contributed by atoms with Crippen LogP contribution in [0.25, 0.3) is 0 Å². The maximum absolute atomic E-state index is 13.2. The standard InChI is InChI=1S/C16H19F4NO2/c1-15(23-2)6-3-8-21(9-7-15)14(22)12-5-4-11(17)10-13(12)16(18,19)20/h4-5,10H,3,6-9H2,1-2H3/t15-/m0/s1. The second-order valence-electron chi connectivity index (χ2n) is 5.99. The van der Waals surface area contributed by atoms with Crippen LogP contribution >= 0.6 is 0 Å². The molecule has 0 spiro atoms. The van der Waals surface area contributed by atoms with Crippen LogP contribution in [-0.4, -0.2) is 36.6 Å².